The van der Waals surface area contributed by atoms with Crippen LogP contribution in [-0.4, -0.2) is 43.6 Å². The number of aromatic nitrogens is 1. The first-order valence-electron chi connectivity index (χ1n) is 9.80. The Morgan fingerprint density at radius 1 is 1.06 bits per heavy atom. The van der Waals surface area contributed by atoms with Gasteiger partial charge >= 0.3 is 0 Å². The van der Waals surface area contributed by atoms with Gasteiger partial charge in [-0.15, -0.1) is 0 Å². The first-order valence-corrected chi connectivity index (χ1v) is 11.2. The van der Waals surface area contributed by atoms with Crippen LogP contribution in [0.5, 0.6) is 0 Å². The fraction of sp³-hybridized carbons (Fsp3) is 0.227. The van der Waals surface area contributed by atoms with Crippen LogP contribution in [0.3, 0.4) is 0 Å². The summed E-state index contributed by atoms with van der Waals surface area (Å²) in [6.45, 7) is 2.00. The minimum absolute atomic E-state index is 0.0187. The maximum atomic E-state index is 12.3. The normalized spacial score (nSPS) is 11.4. The van der Waals surface area contributed by atoms with E-state index in [0.29, 0.717) is 11.7 Å². The quantitative estimate of drug-likeness (QED) is 0.526. The summed E-state index contributed by atoms with van der Waals surface area (Å²) in [5.41, 5.74) is 6.72. The summed E-state index contributed by atoms with van der Waals surface area (Å²) < 4.78 is 31.2. The van der Waals surface area contributed by atoms with E-state index in [1.807, 2.05) is 31.2 Å². The molecule has 3 aromatic rings. The molecule has 0 saturated carbocycles. The van der Waals surface area contributed by atoms with E-state index in [1.165, 1.54) is 38.4 Å². The molecule has 0 radical (unpaired) electrons. The van der Waals surface area contributed by atoms with Crippen molar-refractivity contribution >= 4 is 21.8 Å². The Morgan fingerprint density at radius 2 is 1.78 bits per heavy atom. The van der Waals surface area contributed by atoms with Crippen LogP contribution in [0.25, 0.3) is 11.3 Å². The molecule has 32 heavy (non-hydrogen) atoms. The van der Waals surface area contributed by atoms with Crippen molar-refractivity contribution in [3.63, 3.8) is 0 Å². The summed E-state index contributed by atoms with van der Waals surface area (Å²) in [5.74, 6) is -0.0534. The lowest BCUT2D eigenvalue weighted by molar-refractivity contribution is -0.121. The molecule has 0 fully saturated rings. The van der Waals surface area contributed by atoms with Crippen LogP contribution in [0.4, 0.5) is 0 Å². The molecule has 1 aromatic heterocycles. The topological polar surface area (TPSA) is 122 Å². The number of hydrogen-bond acceptors (Lipinski definition) is 6. The van der Waals surface area contributed by atoms with Crippen LogP contribution in [0.1, 0.15) is 28.2 Å². The Bertz CT molecular complexity index is 1220. The Hall–Kier alpha value is -3.50. The predicted octanol–water partition coefficient (Wildman–Crippen LogP) is 2.29. The van der Waals surface area contributed by atoms with Crippen molar-refractivity contribution < 1.29 is 22.4 Å². The molecule has 1 heterocycles. The molecule has 0 saturated heterocycles. The third-order valence-corrected chi connectivity index (χ3v) is 6.46. The average Bonchev–Trinajstić information content (AvgIpc) is 3.25. The summed E-state index contributed by atoms with van der Waals surface area (Å²) >= 11 is 0. The van der Waals surface area contributed by atoms with E-state index in [0.717, 1.165) is 15.4 Å². The van der Waals surface area contributed by atoms with Crippen molar-refractivity contribution in [3.8, 4) is 11.3 Å². The number of amides is 2. The highest BCUT2D eigenvalue weighted by molar-refractivity contribution is 7.89. The number of rotatable bonds is 7. The molecule has 9 nitrogen and oxygen atoms in total. The van der Waals surface area contributed by atoms with E-state index >= 15 is 0 Å². The number of sulfonamides is 1. The second kappa shape index (κ2) is 9.75. The van der Waals surface area contributed by atoms with E-state index in [9.17, 15) is 18.0 Å². The molecular weight excluding hydrogens is 432 g/mol. The Morgan fingerprint density at radius 3 is 2.47 bits per heavy atom. The van der Waals surface area contributed by atoms with Crippen LogP contribution in [0.2, 0.25) is 0 Å². The largest absolute Gasteiger partial charge is 0.441 e. The predicted molar refractivity (Wildman–Crippen MR) is 118 cm³/mol. The highest BCUT2D eigenvalue weighted by atomic mass is 32.2. The summed E-state index contributed by atoms with van der Waals surface area (Å²) in [6, 6.07) is 13.4. The van der Waals surface area contributed by atoms with Gasteiger partial charge in [0, 0.05) is 38.1 Å². The number of hydrazine groups is 1. The number of oxazole rings is 1. The van der Waals surface area contributed by atoms with E-state index < -0.39 is 21.8 Å². The Kier molecular flexibility index (Phi) is 7.06. The van der Waals surface area contributed by atoms with Crippen LogP contribution in [-0.2, 0) is 21.2 Å². The number of benzene rings is 2. The molecular formula is C22H24N4O5S. The Balaban J connectivity index is 1.52. The average molecular weight is 457 g/mol. The fourth-order valence-corrected chi connectivity index (χ4v) is 3.72. The van der Waals surface area contributed by atoms with Gasteiger partial charge in [-0.05, 0) is 25.1 Å². The number of carbonyl (C=O) groups excluding carboxylic acids is 2. The fourth-order valence-electron chi connectivity index (χ4n) is 2.77. The Labute approximate surface area is 186 Å². The summed E-state index contributed by atoms with van der Waals surface area (Å²) in [5, 5.41) is 0. The number of hydrogen-bond donors (Lipinski definition) is 2. The van der Waals surface area contributed by atoms with Gasteiger partial charge in [0.15, 0.2) is 11.7 Å². The smallest absolute Gasteiger partial charge is 0.269 e. The molecule has 0 spiro atoms. The SMILES string of the molecule is Cc1ccc(-c2cnc(CCC(=O)NNC(=O)c3cccc(S(=O)(=O)N(C)C)c3)o2)cc1. The van der Waals surface area contributed by atoms with Gasteiger partial charge < -0.3 is 4.42 Å². The van der Waals surface area contributed by atoms with Crippen LogP contribution in [0.15, 0.2) is 64.0 Å². The first kappa shape index (κ1) is 23.2. The molecule has 0 aliphatic rings. The highest BCUT2D eigenvalue weighted by Gasteiger charge is 2.19. The van der Waals surface area contributed by atoms with E-state index in [2.05, 4.69) is 15.8 Å². The molecule has 168 valence electrons. The minimum atomic E-state index is -3.68. The lowest BCUT2D eigenvalue weighted by Gasteiger charge is -2.12. The zero-order valence-electron chi connectivity index (χ0n) is 18.0. The van der Waals surface area contributed by atoms with Crippen molar-refractivity contribution in [3.05, 3.63) is 71.7 Å². The summed E-state index contributed by atoms with van der Waals surface area (Å²) in [7, 11) is -0.870. The standard InChI is InChI=1S/C22H24N4O5S/c1-15-7-9-16(10-8-15)19-14-23-21(31-19)12-11-20(27)24-25-22(28)17-5-4-6-18(13-17)32(29,30)26(2)3/h4-10,13-14H,11-12H2,1-3H3,(H,24,27)(H,25,28). The number of nitrogens with zero attached hydrogens (tertiary/aromatic N) is 2. The van der Waals surface area contributed by atoms with Gasteiger partial charge in [0.25, 0.3) is 5.91 Å². The zero-order chi connectivity index (χ0) is 23.3. The number of nitrogens with one attached hydrogen (secondary N) is 2. The lowest BCUT2D eigenvalue weighted by Crippen LogP contribution is -2.41. The first-order chi connectivity index (χ1) is 15.2. The van der Waals surface area contributed by atoms with Crippen LogP contribution in [0, 0.1) is 6.92 Å². The maximum absolute atomic E-state index is 12.3. The molecule has 0 aliphatic heterocycles. The maximum Gasteiger partial charge on any atom is 0.269 e. The van der Waals surface area contributed by atoms with Gasteiger partial charge in [-0.25, -0.2) is 17.7 Å². The molecule has 0 atom stereocenters. The van der Waals surface area contributed by atoms with Gasteiger partial charge in [-0.2, -0.15) is 0 Å². The van der Waals surface area contributed by atoms with Gasteiger partial charge in [-0.3, -0.25) is 20.4 Å². The van der Waals surface area contributed by atoms with Crippen LogP contribution < -0.4 is 10.9 Å². The molecule has 0 bridgehead atoms. The van der Waals surface area contributed by atoms with Gasteiger partial charge in [0.05, 0.1) is 11.1 Å². The van der Waals surface area contributed by atoms with Gasteiger partial charge in [0.1, 0.15) is 0 Å². The molecule has 0 aliphatic carbocycles. The molecule has 2 N–H and O–H groups in total. The second-order valence-electron chi connectivity index (χ2n) is 7.30. The molecule has 10 heteroatoms. The van der Waals surface area contributed by atoms with Gasteiger partial charge in [-0.1, -0.05) is 35.9 Å². The van der Waals surface area contributed by atoms with Crippen molar-refractivity contribution in [1.29, 1.82) is 0 Å². The molecule has 2 amide bonds. The van der Waals surface area contributed by atoms with Crippen molar-refractivity contribution in [2.24, 2.45) is 0 Å². The minimum Gasteiger partial charge on any atom is -0.441 e. The molecule has 3 rings (SSSR count). The number of aryl methyl sites for hydroxylation is 2. The molecule has 0 unspecified atom stereocenters. The van der Waals surface area contributed by atoms with Crippen molar-refractivity contribution in [2.45, 2.75) is 24.7 Å². The monoisotopic (exact) mass is 456 g/mol. The van der Waals surface area contributed by atoms with Crippen molar-refractivity contribution in [2.75, 3.05) is 14.1 Å². The zero-order valence-corrected chi connectivity index (χ0v) is 18.8. The van der Waals surface area contributed by atoms with E-state index in [1.54, 1.807) is 6.20 Å². The summed E-state index contributed by atoms with van der Waals surface area (Å²) in [6.07, 6.45) is 1.90. The second-order valence-corrected chi connectivity index (χ2v) is 9.45. The molecule has 2 aromatic carbocycles. The summed E-state index contributed by atoms with van der Waals surface area (Å²) in [4.78, 5) is 28.5. The number of carbonyl (C=O) groups is 2. The van der Waals surface area contributed by atoms with E-state index in [-0.39, 0.29) is 23.3 Å². The third kappa shape index (κ3) is 5.59. The van der Waals surface area contributed by atoms with Gasteiger partial charge in [0.2, 0.25) is 15.9 Å². The van der Waals surface area contributed by atoms with Crippen LogP contribution >= 0.6 is 0 Å². The van der Waals surface area contributed by atoms with E-state index in [4.69, 9.17) is 4.42 Å². The third-order valence-electron chi connectivity index (χ3n) is 4.65. The highest BCUT2D eigenvalue weighted by Crippen LogP contribution is 2.21. The lowest BCUT2D eigenvalue weighted by atomic mass is 10.1. The van der Waals surface area contributed by atoms with Crippen molar-refractivity contribution in [1.82, 2.24) is 20.1 Å².